The van der Waals surface area contributed by atoms with Crippen LogP contribution in [0.1, 0.15) is 5.56 Å². The van der Waals surface area contributed by atoms with Crippen molar-refractivity contribution in [1.82, 2.24) is 4.57 Å². The Morgan fingerprint density at radius 1 is 0.700 bits per heavy atom. The molecule has 3 rings (SSSR count). The van der Waals surface area contributed by atoms with Gasteiger partial charge in [0.05, 0.1) is 0 Å². The number of aromatic nitrogens is 1. The fourth-order valence-corrected chi connectivity index (χ4v) is 2.37. The summed E-state index contributed by atoms with van der Waals surface area (Å²) >= 11 is 0. The summed E-state index contributed by atoms with van der Waals surface area (Å²) < 4.78 is 2.32. The third-order valence-electron chi connectivity index (χ3n) is 3.38. The molecular weight excluding hydrogens is 310 g/mol. The van der Waals surface area contributed by atoms with E-state index < -0.39 is 0 Å². The third kappa shape index (κ3) is 3.40. The first-order valence-electron chi connectivity index (χ1n) is 6.68. The van der Waals surface area contributed by atoms with Crippen molar-refractivity contribution in [2.45, 2.75) is 13.0 Å². The van der Waals surface area contributed by atoms with Crippen LogP contribution in [0.3, 0.4) is 0 Å². The molecule has 1 aromatic heterocycles. The molecule has 1 heterocycles. The zero-order valence-corrected chi connectivity index (χ0v) is 13.0. The molecule has 0 radical (unpaired) electrons. The highest BCUT2D eigenvalue weighted by Crippen LogP contribution is 2.20. The monoisotopic (exact) mass is 327 g/mol. The van der Waals surface area contributed by atoms with Gasteiger partial charge in [-0.15, -0.1) is 17.0 Å². The van der Waals surface area contributed by atoms with Crippen LogP contribution in [0.5, 0.6) is 0 Å². The average Bonchev–Trinajstić information content (AvgIpc) is 2.95. The van der Waals surface area contributed by atoms with Gasteiger partial charge in [-0.3, -0.25) is 0 Å². The Labute approximate surface area is 130 Å². The van der Waals surface area contributed by atoms with Crippen LogP contribution < -0.4 is 0 Å². The lowest BCUT2D eigenvalue weighted by molar-refractivity contribution is 0.707. The molecule has 0 amide bonds. The van der Waals surface area contributed by atoms with Crippen molar-refractivity contribution in [3.8, 4) is 11.3 Å². The molecule has 20 heavy (non-hydrogen) atoms. The van der Waals surface area contributed by atoms with E-state index in [2.05, 4.69) is 83.6 Å². The molecule has 0 fully saturated rings. The van der Waals surface area contributed by atoms with Crippen LogP contribution in [0.4, 0.5) is 0 Å². The quantitative estimate of drug-likeness (QED) is 0.637. The first kappa shape index (κ1) is 14.6. The number of halogens is 1. The zero-order chi connectivity index (χ0) is 12.9. The van der Waals surface area contributed by atoms with Gasteiger partial charge in [-0.2, -0.15) is 0 Å². The Morgan fingerprint density at radius 2 is 1.35 bits per heavy atom. The van der Waals surface area contributed by atoms with Crippen LogP contribution in [-0.2, 0) is 13.0 Å². The second kappa shape index (κ2) is 7.11. The van der Waals surface area contributed by atoms with Gasteiger partial charge in [-0.25, -0.2) is 0 Å². The fourth-order valence-electron chi connectivity index (χ4n) is 2.37. The normalized spacial score (nSPS) is 10.0. The molecule has 0 aliphatic rings. The van der Waals surface area contributed by atoms with Gasteiger partial charge in [-0.1, -0.05) is 60.7 Å². The lowest BCUT2D eigenvalue weighted by Gasteiger charge is -2.09. The van der Waals surface area contributed by atoms with Gasteiger partial charge in [0, 0.05) is 18.4 Å². The average molecular weight is 328 g/mol. The predicted octanol–water partition coefficient (Wildman–Crippen LogP) is 4.98. The summed E-state index contributed by atoms with van der Waals surface area (Å²) in [6, 6.07) is 25.5. The molecule has 0 aliphatic carbocycles. The van der Waals surface area contributed by atoms with Crippen molar-refractivity contribution in [3.63, 3.8) is 0 Å². The Hall–Kier alpha value is -1.80. The Bertz CT molecular complexity index is 629. The Kier molecular flexibility index (Phi) is 5.19. The van der Waals surface area contributed by atoms with E-state index in [0.29, 0.717) is 0 Å². The SMILES string of the molecule is Br.c1ccc(CCn2cccc2-c2ccccc2)cc1. The van der Waals surface area contributed by atoms with Crippen molar-refractivity contribution in [1.29, 1.82) is 0 Å². The van der Waals surface area contributed by atoms with Crippen LogP contribution in [0.15, 0.2) is 79.0 Å². The molecule has 0 bridgehead atoms. The maximum Gasteiger partial charge on any atom is 0.0480 e. The lowest BCUT2D eigenvalue weighted by atomic mass is 10.1. The third-order valence-corrected chi connectivity index (χ3v) is 3.38. The molecule has 3 aromatic rings. The number of nitrogens with zero attached hydrogens (tertiary/aromatic N) is 1. The highest BCUT2D eigenvalue weighted by Gasteiger charge is 2.03. The van der Waals surface area contributed by atoms with Crippen molar-refractivity contribution < 1.29 is 0 Å². The molecule has 0 unspecified atom stereocenters. The number of benzene rings is 2. The Balaban J connectivity index is 0.00000147. The second-order valence-electron chi connectivity index (χ2n) is 4.69. The second-order valence-corrected chi connectivity index (χ2v) is 4.69. The van der Waals surface area contributed by atoms with Gasteiger partial charge >= 0.3 is 0 Å². The maximum absolute atomic E-state index is 2.32. The number of aryl methyl sites for hydroxylation is 2. The first-order valence-corrected chi connectivity index (χ1v) is 6.68. The fraction of sp³-hybridized carbons (Fsp3) is 0.111. The van der Waals surface area contributed by atoms with E-state index in [-0.39, 0.29) is 17.0 Å². The van der Waals surface area contributed by atoms with Crippen molar-refractivity contribution in [2.24, 2.45) is 0 Å². The van der Waals surface area contributed by atoms with E-state index in [1.165, 1.54) is 16.8 Å². The smallest absolute Gasteiger partial charge is 0.0480 e. The summed E-state index contributed by atoms with van der Waals surface area (Å²) in [6.45, 7) is 1.02. The van der Waals surface area contributed by atoms with E-state index >= 15 is 0 Å². The van der Waals surface area contributed by atoms with Crippen LogP contribution in [0.2, 0.25) is 0 Å². The summed E-state index contributed by atoms with van der Waals surface area (Å²) in [4.78, 5) is 0. The zero-order valence-electron chi connectivity index (χ0n) is 11.3. The minimum absolute atomic E-state index is 0. The molecule has 0 N–H and O–H groups in total. The van der Waals surface area contributed by atoms with E-state index in [1.54, 1.807) is 0 Å². The highest BCUT2D eigenvalue weighted by molar-refractivity contribution is 8.93. The molecule has 0 spiro atoms. The van der Waals surface area contributed by atoms with Crippen molar-refractivity contribution >= 4 is 17.0 Å². The van der Waals surface area contributed by atoms with Crippen LogP contribution >= 0.6 is 17.0 Å². The standard InChI is InChI=1S/C18H17N.BrH/c1-3-8-16(9-4-1)13-15-19-14-7-12-18(19)17-10-5-2-6-11-17;/h1-12,14H,13,15H2;1H. The number of rotatable bonds is 4. The minimum Gasteiger partial charge on any atom is -0.347 e. The minimum atomic E-state index is 0. The highest BCUT2D eigenvalue weighted by atomic mass is 79.9. The van der Waals surface area contributed by atoms with Gasteiger partial charge in [0.15, 0.2) is 0 Å². The van der Waals surface area contributed by atoms with Crippen LogP contribution in [0.25, 0.3) is 11.3 Å². The largest absolute Gasteiger partial charge is 0.347 e. The maximum atomic E-state index is 2.32. The van der Waals surface area contributed by atoms with E-state index in [4.69, 9.17) is 0 Å². The molecule has 2 aromatic carbocycles. The van der Waals surface area contributed by atoms with Crippen molar-refractivity contribution in [3.05, 3.63) is 84.6 Å². The number of hydrogen-bond donors (Lipinski definition) is 0. The molecule has 0 atom stereocenters. The first-order chi connectivity index (χ1) is 9.43. The predicted molar refractivity (Wildman–Crippen MR) is 90.3 cm³/mol. The van der Waals surface area contributed by atoms with Gasteiger partial charge in [0.25, 0.3) is 0 Å². The van der Waals surface area contributed by atoms with Crippen LogP contribution in [0, 0.1) is 0 Å². The summed E-state index contributed by atoms with van der Waals surface area (Å²) in [5.41, 5.74) is 3.95. The van der Waals surface area contributed by atoms with Gasteiger partial charge < -0.3 is 4.57 Å². The van der Waals surface area contributed by atoms with Gasteiger partial charge in [0.1, 0.15) is 0 Å². The molecule has 2 heteroatoms. The summed E-state index contributed by atoms with van der Waals surface area (Å²) in [5.74, 6) is 0. The molecule has 1 nitrogen and oxygen atoms in total. The summed E-state index contributed by atoms with van der Waals surface area (Å²) in [6.07, 6.45) is 3.22. The van der Waals surface area contributed by atoms with Gasteiger partial charge in [-0.05, 0) is 29.7 Å². The van der Waals surface area contributed by atoms with Gasteiger partial charge in [0.2, 0.25) is 0 Å². The lowest BCUT2D eigenvalue weighted by Crippen LogP contribution is -2.01. The molecular formula is C18H18BrN. The topological polar surface area (TPSA) is 4.93 Å². The summed E-state index contributed by atoms with van der Waals surface area (Å²) in [7, 11) is 0. The Morgan fingerprint density at radius 3 is 2.05 bits per heavy atom. The molecule has 0 aliphatic heterocycles. The van der Waals surface area contributed by atoms with E-state index in [9.17, 15) is 0 Å². The van der Waals surface area contributed by atoms with E-state index in [0.717, 1.165) is 13.0 Å². The molecule has 0 saturated carbocycles. The molecule has 0 saturated heterocycles. The molecule has 102 valence electrons. The summed E-state index contributed by atoms with van der Waals surface area (Å²) in [5, 5.41) is 0. The van der Waals surface area contributed by atoms with Crippen LogP contribution in [-0.4, -0.2) is 4.57 Å². The number of hydrogen-bond acceptors (Lipinski definition) is 0. The van der Waals surface area contributed by atoms with E-state index in [1.807, 2.05) is 0 Å². The van der Waals surface area contributed by atoms with Crippen molar-refractivity contribution in [2.75, 3.05) is 0 Å².